The fourth-order valence-electron chi connectivity index (χ4n) is 2.13. The largest absolute Gasteiger partial charge is 0.317 e. The van der Waals surface area contributed by atoms with Gasteiger partial charge in [0.05, 0.1) is 0 Å². The first kappa shape index (κ1) is 15.9. The van der Waals surface area contributed by atoms with Crippen molar-refractivity contribution in [3.8, 4) is 0 Å². The van der Waals surface area contributed by atoms with Crippen LogP contribution in [0.3, 0.4) is 0 Å². The maximum Gasteiger partial charge on any atom is 0.00673 e. The van der Waals surface area contributed by atoms with Gasteiger partial charge in [0, 0.05) is 6.04 Å². The minimum absolute atomic E-state index is 0.753. The molecular weight excluding hydrogens is 196 g/mol. The van der Waals surface area contributed by atoms with E-state index in [0.29, 0.717) is 0 Å². The number of nitrogens with zero attached hydrogens (tertiary/aromatic N) is 1. The summed E-state index contributed by atoms with van der Waals surface area (Å²) in [4.78, 5) is 2.64. The van der Waals surface area contributed by atoms with Gasteiger partial charge in [-0.3, -0.25) is 0 Å². The zero-order valence-corrected chi connectivity index (χ0v) is 11.9. The van der Waals surface area contributed by atoms with Crippen LogP contribution in [0, 0.1) is 0 Å². The first-order chi connectivity index (χ1) is 7.76. The average Bonchev–Trinajstić information content (AvgIpc) is 2.28. The Morgan fingerprint density at radius 2 is 1.56 bits per heavy atom. The predicted molar refractivity (Wildman–Crippen MR) is 74.0 cm³/mol. The summed E-state index contributed by atoms with van der Waals surface area (Å²) in [6.45, 7) is 14.0. The van der Waals surface area contributed by atoms with E-state index >= 15 is 0 Å². The molecule has 2 nitrogen and oxygen atoms in total. The van der Waals surface area contributed by atoms with Crippen LogP contribution in [-0.2, 0) is 0 Å². The molecule has 0 fully saturated rings. The fourth-order valence-corrected chi connectivity index (χ4v) is 2.13. The van der Waals surface area contributed by atoms with Crippen molar-refractivity contribution >= 4 is 0 Å². The molecule has 0 aliphatic rings. The second kappa shape index (κ2) is 11.4. The second-order valence-electron chi connectivity index (χ2n) is 4.78. The van der Waals surface area contributed by atoms with Crippen molar-refractivity contribution in [3.63, 3.8) is 0 Å². The minimum Gasteiger partial charge on any atom is -0.317 e. The molecule has 1 unspecified atom stereocenters. The number of hydrogen-bond acceptors (Lipinski definition) is 2. The van der Waals surface area contributed by atoms with Crippen molar-refractivity contribution < 1.29 is 0 Å². The lowest BCUT2D eigenvalue weighted by atomic mass is 10.1. The van der Waals surface area contributed by atoms with E-state index in [4.69, 9.17) is 0 Å². The molecule has 0 aliphatic carbocycles. The summed E-state index contributed by atoms with van der Waals surface area (Å²) in [5, 5.41) is 3.47. The third-order valence-electron chi connectivity index (χ3n) is 3.05. The van der Waals surface area contributed by atoms with Gasteiger partial charge in [0.1, 0.15) is 0 Å². The minimum atomic E-state index is 0.753. The quantitative estimate of drug-likeness (QED) is 0.546. The molecule has 0 aromatic rings. The Bertz CT molecular complexity index is 131. The maximum absolute atomic E-state index is 3.47. The molecule has 1 N–H and O–H groups in total. The van der Waals surface area contributed by atoms with Crippen LogP contribution in [0.1, 0.15) is 59.8 Å². The standard InChI is InChI=1S/C14H32N2/c1-5-10-15-11-8-9-14(4)16(12-6-2)13-7-3/h14-15H,5-13H2,1-4H3. The van der Waals surface area contributed by atoms with Gasteiger partial charge < -0.3 is 10.2 Å². The highest BCUT2D eigenvalue weighted by atomic mass is 15.1. The van der Waals surface area contributed by atoms with E-state index < -0.39 is 0 Å². The molecule has 0 radical (unpaired) electrons. The molecule has 0 amide bonds. The fraction of sp³-hybridized carbons (Fsp3) is 1.00. The summed E-state index contributed by atoms with van der Waals surface area (Å²) >= 11 is 0. The van der Waals surface area contributed by atoms with Crippen molar-refractivity contribution in [2.24, 2.45) is 0 Å². The van der Waals surface area contributed by atoms with Crippen molar-refractivity contribution in [2.45, 2.75) is 65.8 Å². The summed E-state index contributed by atoms with van der Waals surface area (Å²) in [5.74, 6) is 0. The first-order valence-electron chi connectivity index (χ1n) is 7.20. The van der Waals surface area contributed by atoms with E-state index in [1.807, 2.05) is 0 Å². The SMILES string of the molecule is CCCNCCCC(C)N(CCC)CCC. The van der Waals surface area contributed by atoms with E-state index in [2.05, 4.69) is 37.9 Å². The van der Waals surface area contributed by atoms with Crippen LogP contribution >= 0.6 is 0 Å². The van der Waals surface area contributed by atoms with E-state index in [0.717, 1.165) is 6.04 Å². The molecular formula is C14H32N2. The molecule has 1 atom stereocenters. The summed E-state index contributed by atoms with van der Waals surface area (Å²) in [6.07, 6.45) is 6.44. The predicted octanol–water partition coefficient (Wildman–Crippen LogP) is 3.28. The van der Waals surface area contributed by atoms with Crippen LogP contribution in [-0.4, -0.2) is 37.1 Å². The van der Waals surface area contributed by atoms with Gasteiger partial charge >= 0.3 is 0 Å². The first-order valence-corrected chi connectivity index (χ1v) is 7.20. The molecule has 0 rings (SSSR count). The second-order valence-corrected chi connectivity index (χ2v) is 4.78. The Hall–Kier alpha value is -0.0800. The molecule has 0 aromatic heterocycles. The van der Waals surface area contributed by atoms with Crippen molar-refractivity contribution in [1.82, 2.24) is 10.2 Å². The third kappa shape index (κ3) is 8.12. The molecule has 0 spiro atoms. The smallest absolute Gasteiger partial charge is 0.00673 e. The van der Waals surface area contributed by atoms with E-state index in [-0.39, 0.29) is 0 Å². The summed E-state index contributed by atoms with van der Waals surface area (Å²) in [6, 6.07) is 0.753. The van der Waals surface area contributed by atoms with Gasteiger partial charge in [-0.15, -0.1) is 0 Å². The maximum atomic E-state index is 3.47. The van der Waals surface area contributed by atoms with Crippen LogP contribution in [0.15, 0.2) is 0 Å². The Morgan fingerprint density at radius 1 is 0.938 bits per heavy atom. The summed E-state index contributed by atoms with van der Waals surface area (Å²) in [5.41, 5.74) is 0. The molecule has 0 bridgehead atoms. The van der Waals surface area contributed by atoms with Gasteiger partial charge in [-0.2, -0.15) is 0 Å². The molecule has 0 aliphatic heterocycles. The van der Waals surface area contributed by atoms with Gasteiger partial charge in [-0.25, -0.2) is 0 Å². The van der Waals surface area contributed by atoms with Crippen molar-refractivity contribution in [2.75, 3.05) is 26.2 Å². The molecule has 0 saturated heterocycles. The van der Waals surface area contributed by atoms with E-state index in [9.17, 15) is 0 Å². The lowest BCUT2D eigenvalue weighted by molar-refractivity contribution is 0.197. The van der Waals surface area contributed by atoms with Crippen LogP contribution in [0.2, 0.25) is 0 Å². The molecule has 0 saturated carbocycles. The van der Waals surface area contributed by atoms with Crippen LogP contribution in [0.25, 0.3) is 0 Å². The Balaban J connectivity index is 3.60. The highest BCUT2D eigenvalue weighted by Gasteiger charge is 2.10. The van der Waals surface area contributed by atoms with Gasteiger partial charge in [-0.1, -0.05) is 20.8 Å². The molecule has 0 aromatic carbocycles. The van der Waals surface area contributed by atoms with Crippen LogP contribution in [0.5, 0.6) is 0 Å². The molecule has 2 heteroatoms. The van der Waals surface area contributed by atoms with Gasteiger partial charge in [0.15, 0.2) is 0 Å². The van der Waals surface area contributed by atoms with Crippen LogP contribution < -0.4 is 5.32 Å². The highest BCUT2D eigenvalue weighted by molar-refractivity contribution is 4.67. The molecule has 98 valence electrons. The number of hydrogen-bond donors (Lipinski definition) is 1. The normalized spacial score (nSPS) is 13.3. The Kier molecular flexibility index (Phi) is 11.3. The van der Waals surface area contributed by atoms with Crippen LogP contribution in [0.4, 0.5) is 0 Å². The molecule has 0 heterocycles. The average molecular weight is 228 g/mol. The van der Waals surface area contributed by atoms with Gasteiger partial charge in [-0.05, 0) is 65.2 Å². The van der Waals surface area contributed by atoms with Crippen molar-refractivity contribution in [3.05, 3.63) is 0 Å². The third-order valence-corrected chi connectivity index (χ3v) is 3.05. The Morgan fingerprint density at radius 3 is 2.06 bits per heavy atom. The van der Waals surface area contributed by atoms with Gasteiger partial charge in [0.25, 0.3) is 0 Å². The lowest BCUT2D eigenvalue weighted by Crippen LogP contribution is -2.35. The van der Waals surface area contributed by atoms with Gasteiger partial charge in [0.2, 0.25) is 0 Å². The van der Waals surface area contributed by atoms with Crippen molar-refractivity contribution in [1.29, 1.82) is 0 Å². The summed E-state index contributed by atoms with van der Waals surface area (Å²) in [7, 11) is 0. The highest BCUT2D eigenvalue weighted by Crippen LogP contribution is 2.07. The lowest BCUT2D eigenvalue weighted by Gasteiger charge is -2.28. The number of rotatable bonds is 11. The van der Waals surface area contributed by atoms with E-state index in [1.54, 1.807) is 0 Å². The summed E-state index contributed by atoms with van der Waals surface area (Å²) < 4.78 is 0. The topological polar surface area (TPSA) is 15.3 Å². The zero-order chi connectivity index (χ0) is 12.2. The molecule has 16 heavy (non-hydrogen) atoms. The number of nitrogens with one attached hydrogen (secondary N) is 1. The zero-order valence-electron chi connectivity index (χ0n) is 11.9. The van der Waals surface area contributed by atoms with E-state index in [1.165, 1.54) is 58.3 Å². The monoisotopic (exact) mass is 228 g/mol. The Labute approximate surface area is 103 Å².